The maximum Gasteiger partial charge on any atom is 0.418 e. The van der Waals surface area contributed by atoms with Crippen molar-refractivity contribution in [2.24, 2.45) is 0 Å². The van der Waals surface area contributed by atoms with Crippen molar-refractivity contribution in [2.75, 3.05) is 6.26 Å². The molecule has 8 nitrogen and oxygen atoms in total. The van der Waals surface area contributed by atoms with Crippen LogP contribution >= 0.6 is 27.5 Å². The van der Waals surface area contributed by atoms with Gasteiger partial charge in [0, 0.05) is 11.8 Å². The van der Waals surface area contributed by atoms with Gasteiger partial charge in [-0.1, -0.05) is 24.3 Å². The molecular formula is C20H12BrF3N4O4S2. The van der Waals surface area contributed by atoms with E-state index in [9.17, 15) is 31.5 Å². The van der Waals surface area contributed by atoms with Crippen LogP contribution < -0.4 is 0 Å². The number of hydrogen-bond donors (Lipinski definition) is 1. The number of sulfone groups is 1. The number of aromatic carboxylic acids is 1. The minimum atomic E-state index is -4.73. The van der Waals surface area contributed by atoms with E-state index in [1.807, 2.05) is 0 Å². The highest BCUT2D eigenvalue weighted by Gasteiger charge is 2.36. The van der Waals surface area contributed by atoms with Gasteiger partial charge in [-0.25, -0.2) is 22.9 Å². The minimum absolute atomic E-state index is 0.0415. The molecule has 0 aliphatic rings. The standard InChI is InChI=1S/C20H12BrF3N4O4S2/c1-34(31,32)11-6-4-5-10(9-11)17-25-18(33-27-17)16-14(21)15(19(29)30)26-28(16)13-8-3-2-7-12(13)20(22,23)24/h2-9H,1H3,(H,29,30). The number of carboxylic acids is 1. The van der Waals surface area contributed by atoms with Crippen LogP contribution in [0.3, 0.4) is 0 Å². The Kier molecular flexibility index (Phi) is 6.08. The highest BCUT2D eigenvalue weighted by molar-refractivity contribution is 9.10. The zero-order chi connectivity index (χ0) is 24.8. The molecule has 1 N–H and O–H groups in total. The van der Waals surface area contributed by atoms with Gasteiger partial charge >= 0.3 is 12.1 Å². The Labute approximate surface area is 202 Å². The number of carbonyl (C=O) groups is 1. The highest BCUT2D eigenvalue weighted by Crippen LogP contribution is 2.39. The summed E-state index contributed by atoms with van der Waals surface area (Å²) in [4.78, 5) is 16.0. The van der Waals surface area contributed by atoms with E-state index < -0.39 is 38.9 Å². The summed E-state index contributed by atoms with van der Waals surface area (Å²) in [6.45, 7) is 0. The Hall–Kier alpha value is -3.10. The fourth-order valence-corrected chi connectivity index (χ4v) is 5.22. The second-order valence-corrected chi connectivity index (χ2v) is 10.5. The van der Waals surface area contributed by atoms with Crippen LogP contribution in [-0.4, -0.2) is 44.9 Å². The molecule has 0 atom stereocenters. The zero-order valence-corrected chi connectivity index (χ0v) is 20.1. The molecule has 0 fully saturated rings. The summed E-state index contributed by atoms with van der Waals surface area (Å²) in [7, 11) is -3.50. The van der Waals surface area contributed by atoms with Crippen molar-refractivity contribution in [1.29, 1.82) is 0 Å². The third-order valence-electron chi connectivity index (χ3n) is 4.62. The van der Waals surface area contributed by atoms with Crippen LogP contribution in [0, 0.1) is 0 Å². The largest absolute Gasteiger partial charge is 0.476 e. The normalized spacial score (nSPS) is 12.1. The van der Waals surface area contributed by atoms with E-state index in [0.717, 1.165) is 34.6 Å². The molecule has 176 valence electrons. The van der Waals surface area contributed by atoms with E-state index in [1.54, 1.807) is 6.07 Å². The molecule has 0 saturated heterocycles. The van der Waals surface area contributed by atoms with Crippen molar-refractivity contribution in [3.8, 4) is 27.8 Å². The molecule has 2 aromatic carbocycles. The predicted molar refractivity (Wildman–Crippen MR) is 121 cm³/mol. The van der Waals surface area contributed by atoms with Gasteiger partial charge in [-0.15, -0.1) is 0 Å². The van der Waals surface area contributed by atoms with Gasteiger partial charge in [0.15, 0.2) is 26.4 Å². The first-order valence-electron chi connectivity index (χ1n) is 9.21. The molecule has 2 heterocycles. The summed E-state index contributed by atoms with van der Waals surface area (Å²) in [6, 6.07) is 10.5. The number of halogens is 4. The lowest BCUT2D eigenvalue weighted by molar-refractivity contribution is -0.137. The van der Waals surface area contributed by atoms with E-state index in [-0.39, 0.29) is 25.9 Å². The maximum absolute atomic E-state index is 13.7. The average molecular weight is 573 g/mol. The van der Waals surface area contributed by atoms with Crippen molar-refractivity contribution in [1.82, 2.24) is 19.1 Å². The van der Waals surface area contributed by atoms with E-state index in [1.165, 1.54) is 30.3 Å². The van der Waals surface area contributed by atoms with Gasteiger partial charge in [0.05, 0.1) is 20.6 Å². The number of aromatic nitrogens is 4. The fraction of sp³-hybridized carbons (Fsp3) is 0.100. The van der Waals surface area contributed by atoms with Gasteiger partial charge in [-0.2, -0.15) is 22.6 Å². The smallest absolute Gasteiger partial charge is 0.418 e. The Balaban J connectivity index is 1.92. The third kappa shape index (κ3) is 4.48. The second kappa shape index (κ2) is 8.60. The summed E-state index contributed by atoms with van der Waals surface area (Å²) in [5.41, 5.74) is -1.61. The second-order valence-electron chi connectivity index (χ2n) is 6.97. The van der Waals surface area contributed by atoms with Crippen LogP contribution in [0.5, 0.6) is 0 Å². The number of hydrogen-bond acceptors (Lipinski definition) is 7. The van der Waals surface area contributed by atoms with Crippen molar-refractivity contribution >= 4 is 43.3 Å². The van der Waals surface area contributed by atoms with Gasteiger partial charge in [-0.05, 0) is 51.7 Å². The maximum atomic E-state index is 13.7. The highest BCUT2D eigenvalue weighted by atomic mass is 79.9. The van der Waals surface area contributed by atoms with Crippen LogP contribution in [0.15, 0.2) is 57.9 Å². The van der Waals surface area contributed by atoms with Crippen LogP contribution in [-0.2, 0) is 16.0 Å². The Morgan fingerprint density at radius 1 is 1.15 bits per heavy atom. The first-order chi connectivity index (χ1) is 15.9. The van der Waals surface area contributed by atoms with Gasteiger partial charge < -0.3 is 5.11 Å². The molecule has 0 spiro atoms. The number of para-hydroxylation sites is 1. The summed E-state index contributed by atoms with van der Waals surface area (Å²) in [5, 5.41) is 13.5. The lowest BCUT2D eigenvalue weighted by Gasteiger charge is -2.14. The van der Waals surface area contributed by atoms with Crippen molar-refractivity contribution < 1.29 is 31.5 Å². The molecule has 0 aliphatic heterocycles. The SMILES string of the molecule is CS(=O)(=O)c1cccc(-c2nsc(-c3c(Br)c(C(=O)O)nn3-c3ccccc3C(F)(F)F)n2)c1. The molecule has 0 radical (unpaired) electrons. The van der Waals surface area contributed by atoms with Gasteiger partial charge in [-0.3, -0.25) is 0 Å². The first kappa shape index (κ1) is 24.0. The summed E-state index contributed by atoms with van der Waals surface area (Å²) in [6.07, 6.45) is -3.68. The monoisotopic (exact) mass is 572 g/mol. The Morgan fingerprint density at radius 2 is 1.85 bits per heavy atom. The number of benzene rings is 2. The Morgan fingerprint density at radius 3 is 2.50 bits per heavy atom. The molecule has 4 rings (SSSR count). The van der Waals surface area contributed by atoms with Crippen molar-refractivity contribution in [2.45, 2.75) is 11.1 Å². The number of nitrogens with zero attached hydrogens (tertiary/aromatic N) is 4. The van der Waals surface area contributed by atoms with E-state index in [4.69, 9.17) is 0 Å². The van der Waals surface area contributed by atoms with Gasteiger partial charge in [0.25, 0.3) is 0 Å². The van der Waals surface area contributed by atoms with E-state index >= 15 is 0 Å². The van der Waals surface area contributed by atoms with Crippen molar-refractivity contribution in [3.63, 3.8) is 0 Å². The first-order valence-corrected chi connectivity index (χ1v) is 12.7. The molecule has 2 aromatic heterocycles. The van der Waals surface area contributed by atoms with Crippen molar-refractivity contribution in [3.05, 3.63) is 64.3 Å². The average Bonchev–Trinajstić information content (AvgIpc) is 3.37. The van der Waals surface area contributed by atoms with Crippen LogP contribution in [0.1, 0.15) is 16.1 Å². The van der Waals surface area contributed by atoms with Crippen LogP contribution in [0.4, 0.5) is 13.2 Å². The lowest BCUT2D eigenvalue weighted by Crippen LogP contribution is -2.12. The summed E-state index contributed by atoms with van der Waals surface area (Å²) in [5.74, 6) is -1.34. The molecule has 0 unspecified atom stereocenters. The molecule has 14 heteroatoms. The number of carboxylic acid groups (broad SMARTS) is 1. The molecule has 0 amide bonds. The summed E-state index contributed by atoms with van der Waals surface area (Å²) < 4.78 is 69.6. The third-order valence-corrected chi connectivity index (χ3v) is 7.20. The zero-order valence-electron chi connectivity index (χ0n) is 16.9. The lowest BCUT2D eigenvalue weighted by atomic mass is 10.1. The Bertz CT molecular complexity index is 1530. The minimum Gasteiger partial charge on any atom is -0.476 e. The van der Waals surface area contributed by atoms with Gasteiger partial charge in [0.2, 0.25) is 0 Å². The molecule has 34 heavy (non-hydrogen) atoms. The molecular weight excluding hydrogens is 561 g/mol. The molecule has 0 saturated carbocycles. The van der Waals surface area contributed by atoms with Crippen LogP contribution in [0.25, 0.3) is 27.8 Å². The topological polar surface area (TPSA) is 115 Å². The molecule has 0 aliphatic carbocycles. The predicted octanol–water partition coefficient (Wildman–Crippen LogP) is 4.94. The number of rotatable bonds is 5. The van der Waals surface area contributed by atoms with Crippen LogP contribution in [0.2, 0.25) is 0 Å². The number of alkyl halides is 3. The molecule has 0 bridgehead atoms. The van der Waals surface area contributed by atoms with E-state index in [2.05, 4.69) is 30.4 Å². The molecule has 4 aromatic rings. The quantitative estimate of drug-likeness (QED) is 0.360. The summed E-state index contributed by atoms with van der Waals surface area (Å²) >= 11 is 3.93. The van der Waals surface area contributed by atoms with Gasteiger partial charge in [0.1, 0.15) is 5.69 Å². The van der Waals surface area contributed by atoms with E-state index in [0.29, 0.717) is 5.56 Å². The fourth-order valence-electron chi connectivity index (χ4n) is 3.10.